The molecule has 0 rings (SSSR count). The number of hydrogen-bond donors (Lipinski definition) is 0. The quantitative estimate of drug-likeness (QED) is 0.437. The van der Waals surface area contributed by atoms with Crippen LogP contribution in [0, 0.1) is 10.1 Å². The van der Waals surface area contributed by atoms with Crippen LogP contribution in [0.25, 0.3) is 0 Å². The second kappa shape index (κ2) is 4.65. The van der Waals surface area contributed by atoms with E-state index in [2.05, 4.69) is 0 Å². The van der Waals surface area contributed by atoms with Crippen molar-refractivity contribution in [2.45, 2.75) is 43.8 Å². The lowest BCUT2D eigenvalue weighted by atomic mass is 10.0. The SMILES string of the molecule is CCC(CC(F)(F)C(F)(F)C(F)(F)F)[N+](=O)[O-]. The van der Waals surface area contributed by atoms with Crippen LogP contribution in [0.15, 0.2) is 0 Å². The summed E-state index contributed by atoms with van der Waals surface area (Å²) in [7, 11) is 0. The summed E-state index contributed by atoms with van der Waals surface area (Å²) in [6, 6.07) is -2.15. The Morgan fingerprint density at radius 1 is 1.12 bits per heavy atom. The first-order valence-corrected chi connectivity index (χ1v) is 4.32. The highest BCUT2D eigenvalue weighted by atomic mass is 19.4. The number of nitrogens with zero attached hydrogens (tertiary/aromatic N) is 1. The second-order valence-corrected chi connectivity index (χ2v) is 3.33. The molecule has 3 nitrogen and oxygen atoms in total. The summed E-state index contributed by atoms with van der Waals surface area (Å²) in [5.74, 6) is -11.8. The third kappa shape index (κ3) is 3.19. The maximum Gasteiger partial charge on any atom is 0.459 e. The molecule has 1 unspecified atom stereocenters. The normalized spacial score (nSPS) is 15.8. The molecule has 0 saturated carbocycles. The van der Waals surface area contributed by atoms with Gasteiger partial charge in [0.15, 0.2) is 0 Å². The molecule has 0 aromatic heterocycles. The van der Waals surface area contributed by atoms with Crippen LogP contribution in [-0.4, -0.2) is 29.0 Å². The fourth-order valence-corrected chi connectivity index (χ4v) is 0.999. The van der Waals surface area contributed by atoms with Crippen LogP contribution in [0.5, 0.6) is 0 Å². The number of nitro groups is 1. The first-order valence-electron chi connectivity index (χ1n) is 4.32. The molecule has 0 aromatic rings. The summed E-state index contributed by atoms with van der Waals surface area (Å²) < 4.78 is 85.2. The van der Waals surface area contributed by atoms with Crippen LogP contribution < -0.4 is 0 Å². The maximum atomic E-state index is 12.7. The molecule has 0 radical (unpaired) electrons. The molecule has 0 saturated heterocycles. The molecule has 0 heterocycles. The van der Waals surface area contributed by atoms with Crippen LogP contribution in [0.2, 0.25) is 0 Å². The minimum Gasteiger partial charge on any atom is -0.264 e. The minimum atomic E-state index is -6.45. The second-order valence-electron chi connectivity index (χ2n) is 3.33. The average Bonchev–Trinajstić information content (AvgIpc) is 2.11. The Bertz CT molecular complexity index is 288. The zero-order valence-electron chi connectivity index (χ0n) is 8.40. The Kier molecular flexibility index (Phi) is 4.35. The van der Waals surface area contributed by atoms with Crippen molar-refractivity contribution in [3.63, 3.8) is 0 Å². The van der Waals surface area contributed by atoms with Gasteiger partial charge in [-0.15, -0.1) is 0 Å². The van der Waals surface area contributed by atoms with Crippen LogP contribution in [-0.2, 0) is 0 Å². The maximum absolute atomic E-state index is 12.7. The molecule has 0 bridgehead atoms. The summed E-state index contributed by atoms with van der Waals surface area (Å²) in [5, 5.41) is 10.1. The molecular weight excluding hydrogens is 263 g/mol. The van der Waals surface area contributed by atoms with Gasteiger partial charge in [0, 0.05) is 11.3 Å². The molecule has 17 heavy (non-hydrogen) atoms. The number of halogens is 7. The summed E-state index contributed by atoms with van der Waals surface area (Å²) in [5.41, 5.74) is 0. The van der Waals surface area contributed by atoms with Gasteiger partial charge in [-0.2, -0.15) is 30.7 Å². The zero-order chi connectivity index (χ0) is 14.1. The molecule has 0 N–H and O–H groups in total. The molecule has 0 aliphatic carbocycles. The third-order valence-electron chi connectivity index (χ3n) is 2.08. The summed E-state index contributed by atoms with van der Waals surface area (Å²) >= 11 is 0. The van der Waals surface area contributed by atoms with E-state index in [4.69, 9.17) is 0 Å². The molecule has 102 valence electrons. The average molecular weight is 271 g/mol. The van der Waals surface area contributed by atoms with E-state index in [-0.39, 0.29) is 0 Å². The van der Waals surface area contributed by atoms with Crippen molar-refractivity contribution in [3.8, 4) is 0 Å². The van der Waals surface area contributed by atoms with Crippen molar-refractivity contribution < 1.29 is 35.7 Å². The van der Waals surface area contributed by atoms with Crippen LogP contribution in [0.1, 0.15) is 19.8 Å². The number of alkyl halides is 7. The van der Waals surface area contributed by atoms with Gasteiger partial charge < -0.3 is 0 Å². The smallest absolute Gasteiger partial charge is 0.264 e. The van der Waals surface area contributed by atoms with E-state index in [1.165, 1.54) is 0 Å². The molecule has 10 heteroatoms. The predicted molar refractivity (Wildman–Crippen MR) is 41.6 cm³/mol. The lowest BCUT2D eigenvalue weighted by Gasteiger charge is -2.28. The minimum absolute atomic E-state index is 0.573. The van der Waals surface area contributed by atoms with Gasteiger partial charge in [-0.25, -0.2) is 0 Å². The van der Waals surface area contributed by atoms with Gasteiger partial charge in [-0.05, 0) is 0 Å². The number of rotatable bonds is 5. The fraction of sp³-hybridized carbons (Fsp3) is 1.00. The number of hydrogen-bond acceptors (Lipinski definition) is 2. The van der Waals surface area contributed by atoms with Gasteiger partial charge in [0.1, 0.15) is 0 Å². The van der Waals surface area contributed by atoms with Crippen LogP contribution in [0.4, 0.5) is 30.7 Å². The lowest BCUT2D eigenvalue weighted by Crippen LogP contribution is -2.53. The Balaban J connectivity index is 5.08. The first kappa shape index (κ1) is 15.9. The molecule has 0 aliphatic rings. The van der Waals surface area contributed by atoms with E-state index >= 15 is 0 Å². The highest BCUT2D eigenvalue weighted by Gasteiger charge is 2.73. The summed E-state index contributed by atoms with van der Waals surface area (Å²) in [6.45, 7) is 1.04. The molecule has 0 aliphatic heterocycles. The standard InChI is InChI=1S/C7H8F7NO2/c1-2-4(15(16)17)3-5(8,9)6(10,11)7(12,13)14/h4H,2-3H2,1H3. The van der Waals surface area contributed by atoms with E-state index in [1.54, 1.807) is 0 Å². The summed E-state index contributed by atoms with van der Waals surface area (Å²) in [4.78, 5) is 8.83. The zero-order valence-corrected chi connectivity index (χ0v) is 8.40. The van der Waals surface area contributed by atoms with E-state index < -0.39 is 41.8 Å². The van der Waals surface area contributed by atoms with Crippen molar-refractivity contribution in [2.75, 3.05) is 0 Å². The molecule has 0 amide bonds. The van der Waals surface area contributed by atoms with Crippen molar-refractivity contribution in [2.24, 2.45) is 0 Å². The van der Waals surface area contributed by atoms with Crippen molar-refractivity contribution >= 4 is 0 Å². The summed E-state index contributed by atoms with van der Waals surface area (Å²) in [6.07, 6.45) is -9.19. The first-order chi connectivity index (χ1) is 7.37. The van der Waals surface area contributed by atoms with Gasteiger partial charge in [0.2, 0.25) is 6.04 Å². The largest absolute Gasteiger partial charge is 0.459 e. The Hall–Kier alpha value is -1.09. The van der Waals surface area contributed by atoms with E-state index in [1.807, 2.05) is 0 Å². The molecule has 0 aromatic carbocycles. The van der Waals surface area contributed by atoms with E-state index in [0.717, 1.165) is 6.92 Å². The van der Waals surface area contributed by atoms with Crippen molar-refractivity contribution in [1.82, 2.24) is 0 Å². The fourth-order valence-electron chi connectivity index (χ4n) is 0.999. The lowest BCUT2D eigenvalue weighted by molar-refractivity contribution is -0.531. The topological polar surface area (TPSA) is 43.1 Å². The Labute approximate surface area is 90.7 Å². The van der Waals surface area contributed by atoms with E-state index in [0.29, 0.717) is 0 Å². The Morgan fingerprint density at radius 3 is 1.76 bits per heavy atom. The molecular formula is C7H8F7NO2. The van der Waals surface area contributed by atoms with Crippen LogP contribution in [0.3, 0.4) is 0 Å². The van der Waals surface area contributed by atoms with Gasteiger partial charge in [0.25, 0.3) is 0 Å². The molecule has 1 atom stereocenters. The highest BCUT2D eigenvalue weighted by molar-refractivity contribution is 4.92. The van der Waals surface area contributed by atoms with Crippen LogP contribution >= 0.6 is 0 Å². The Morgan fingerprint density at radius 2 is 1.53 bits per heavy atom. The highest BCUT2D eigenvalue weighted by Crippen LogP contribution is 2.48. The molecule has 0 spiro atoms. The molecule has 0 fully saturated rings. The van der Waals surface area contributed by atoms with Gasteiger partial charge >= 0.3 is 18.0 Å². The van der Waals surface area contributed by atoms with Gasteiger partial charge in [-0.1, -0.05) is 6.92 Å². The third-order valence-corrected chi connectivity index (χ3v) is 2.08. The van der Waals surface area contributed by atoms with Crippen molar-refractivity contribution in [3.05, 3.63) is 10.1 Å². The van der Waals surface area contributed by atoms with Gasteiger partial charge in [0.05, 0.1) is 6.42 Å². The predicted octanol–water partition coefficient (Wildman–Crippen LogP) is 3.26. The monoisotopic (exact) mass is 271 g/mol. The van der Waals surface area contributed by atoms with E-state index in [9.17, 15) is 40.8 Å². The van der Waals surface area contributed by atoms with Gasteiger partial charge in [-0.3, -0.25) is 10.1 Å². The van der Waals surface area contributed by atoms with Crippen molar-refractivity contribution in [1.29, 1.82) is 0 Å².